The van der Waals surface area contributed by atoms with Crippen molar-refractivity contribution in [2.75, 3.05) is 31.7 Å². The second-order valence-electron chi connectivity index (χ2n) is 3.78. The van der Waals surface area contributed by atoms with Crippen molar-refractivity contribution in [3.63, 3.8) is 0 Å². The van der Waals surface area contributed by atoms with Gasteiger partial charge in [0.25, 0.3) is 0 Å². The molecule has 0 atom stereocenters. The van der Waals surface area contributed by atoms with Gasteiger partial charge in [0.2, 0.25) is 0 Å². The van der Waals surface area contributed by atoms with Crippen molar-refractivity contribution in [2.45, 2.75) is 6.42 Å². The highest BCUT2D eigenvalue weighted by Gasteiger charge is 2.12. The number of halogens is 2. The van der Waals surface area contributed by atoms with Crippen LogP contribution in [0.1, 0.15) is 6.42 Å². The van der Waals surface area contributed by atoms with Gasteiger partial charge < -0.3 is 20.6 Å². The number of nitrogens with zero attached hydrogens (tertiary/aromatic N) is 3. The number of oxime groups is 1. The minimum absolute atomic E-state index is 0.174. The molecule has 0 aliphatic heterocycles. The zero-order valence-electron chi connectivity index (χ0n) is 10.5. The van der Waals surface area contributed by atoms with Crippen molar-refractivity contribution in [2.24, 2.45) is 10.9 Å². The number of anilines is 1. The lowest BCUT2D eigenvalue weighted by atomic mass is 10.3. The standard InChI is InChI=1S/C11H16BrClN4O2/c1-19-5-4-17(3-2-10(14)16-18)11-9(12)6-8(13)7-15-11/h6-7,18H,2-5H2,1H3,(H2,14,16). The first-order valence-corrected chi connectivity index (χ1v) is 6.77. The van der Waals surface area contributed by atoms with Gasteiger partial charge in [0.1, 0.15) is 11.7 Å². The summed E-state index contributed by atoms with van der Waals surface area (Å²) < 4.78 is 5.86. The molecule has 0 spiro atoms. The Morgan fingerprint density at radius 2 is 2.37 bits per heavy atom. The SMILES string of the molecule is COCCN(CCC(N)=NO)c1ncc(Cl)cc1Br. The molecule has 0 aliphatic rings. The van der Waals surface area contributed by atoms with Crippen LogP contribution in [0.4, 0.5) is 5.82 Å². The van der Waals surface area contributed by atoms with Crippen molar-refractivity contribution in [3.8, 4) is 0 Å². The Bertz CT molecular complexity index is 445. The predicted molar refractivity (Wildman–Crippen MR) is 79.1 cm³/mol. The number of amidine groups is 1. The van der Waals surface area contributed by atoms with Crippen molar-refractivity contribution in [1.29, 1.82) is 0 Å². The molecule has 0 unspecified atom stereocenters. The summed E-state index contributed by atoms with van der Waals surface area (Å²) in [5.41, 5.74) is 5.48. The Balaban J connectivity index is 2.82. The van der Waals surface area contributed by atoms with Gasteiger partial charge in [-0.05, 0) is 22.0 Å². The fourth-order valence-electron chi connectivity index (χ4n) is 1.46. The number of hydrogen-bond donors (Lipinski definition) is 2. The highest BCUT2D eigenvalue weighted by molar-refractivity contribution is 9.10. The molecular weight excluding hydrogens is 336 g/mol. The van der Waals surface area contributed by atoms with Gasteiger partial charge in [0, 0.05) is 32.8 Å². The minimum Gasteiger partial charge on any atom is -0.409 e. The van der Waals surface area contributed by atoms with Crippen LogP contribution in [0.3, 0.4) is 0 Å². The first-order chi connectivity index (χ1) is 9.08. The molecule has 0 saturated heterocycles. The van der Waals surface area contributed by atoms with Gasteiger partial charge in [-0.2, -0.15) is 0 Å². The lowest BCUT2D eigenvalue weighted by Gasteiger charge is -2.24. The molecule has 0 aliphatic carbocycles. The summed E-state index contributed by atoms with van der Waals surface area (Å²) in [5.74, 6) is 0.916. The maximum atomic E-state index is 8.56. The number of pyridine rings is 1. The molecule has 1 aromatic heterocycles. The molecule has 0 amide bonds. The monoisotopic (exact) mass is 350 g/mol. The second-order valence-corrected chi connectivity index (χ2v) is 5.07. The third-order valence-electron chi connectivity index (χ3n) is 2.42. The van der Waals surface area contributed by atoms with Crippen molar-refractivity contribution >= 4 is 39.2 Å². The quantitative estimate of drug-likeness (QED) is 0.340. The third kappa shape index (κ3) is 5.22. The molecule has 8 heteroatoms. The lowest BCUT2D eigenvalue weighted by molar-refractivity contribution is 0.205. The molecule has 0 radical (unpaired) electrons. The predicted octanol–water partition coefficient (Wildman–Crippen LogP) is 2.09. The molecule has 1 rings (SSSR count). The molecule has 0 bridgehead atoms. The summed E-state index contributed by atoms with van der Waals surface area (Å²) in [5, 5.41) is 12.1. The summed E-state index contributed by atoms with van der Waals surface area (Å²) in [4.78, 5) is 6.26. The van der Waals surface area contributed by atoms with E-state index < -0.39 is 0 Å². The van der Waals surface area contributed by atoms with Crippen LogP contribution in [-0.2, 0) is 4.74 Å². The van der Waals surface area contributed by atoms with E-state index in [-0.39, 0.29) is 5.84 Å². The van der Waals surface area contributed by atoms with E-state index >= 15 is 0 Å². The van der Waals surface area contributed by atoms with Crippen LogP contribution in [-0.4, -0.2) is 42.8 Å². The van der Waals surface area contributed by atoms with Crippen LogP contribution < -0.4 is 10.6 Å². The Hall–Kier alpha value is -1.05. The topological polar surface area (TPSA) is 84.0 Å². The molecule has 106 valence electrons. The maximum absolute atomic E-state index is 8.56. The van der Waals surface area contributed by atoms with Gasteiger partial charge in [-0.1, -0.05) is 16.8 Å². The number of hydrogen-bond acceptors (Lipinski definition) is 5. The average molecular weight is 352 g/mol. The van der Waals surface area contributed by atoms with E-state index in [9.17, 15) is 0 Å². The first-order valence-electron chi connectivity index (χ1n) is 5.59. The highest BCUT2D eigenvalue weighted by Crippen LogP contribution is 2.26. The Morgan fingerprint density at radius 1 is 1.63 bits per heavy atom. The van der Waals surface area contributed by atoms with Crippen molar-refractivity contribution in [1.82, 2.24) is 4.98 Å². The Kier molecular flexibility index (Phi) is 6.90. The number of aromatic nitrogens is 1. The third-order valence-corrected chi connectivity index (χ3v) is 3.21. The van der Waals surface area contributed by atoms with E-state index in [0.29, 0.717) is 31.1 Å². The zero-order valence-corrected chi connectivity index (χ0v) is 12.9. The van der Waals surface area contributed by atoms with Gasteiger partial charge in [-0.25, -0.2) is 4.98 Å². The smallest absolute Gasteiger partial charge is 0.143 e. The Labute approximate surface area is 125 Å². The number of methoxy groups -OCH3 is 1. The highest BCUT2D eigenvalue weighted by atomic mass is 79.9. The van der Waals surface area contributed by atoms with Crippen LogP contribution in [0.2, 0.25) is 5.02 Å². The van der Waals surface area contributed by atoms with E-state index in [2.05, 4.69) is 26.1 Å². The molecule has 0 aromatic carbocycles. The van der Waals surface area contributed by atoms with Gasteiger partial charge >= 0.3 is 0 Å². The van der Waals surface area contributed by atoms with E-state index in [0.717, 1.165) is 10.3 Å². The minimum atomic E-state index is 0.174. The van der Waals surface area contributed by atoms with Gasteiger partial charge in [0.15, 0.2) is 0 Å². The fourth-order valence-corrected chi connectivity index (χ4v) is 2.35. The largest absolute Gasteiger partial charge is 0.409 e. The number of rotatable bonds is 7. The van der Waals surface area contributed by atoms with Crippen LogP contribution in [0.25, 0.3) is 0 Å². The molecule has 1 aromatic rings. The van der Waals surface area contributed by atoms with Crippen LogP contribution >= 0.6 is 27.5 Å². The first kappa shape index (κ1) is 16.0. The van der Waals surface area contributed by atoms with E-state index in [1.165, 1.54) is 0 Å². The van der Waals surface area contributed by atoms with Crippen LogP contribution in [0.5, 0.6) is 0 Å². The average Bonchev–Trinajstić information content (AvgIpc) is 2.39. The van der Waals surface area contributed by atoms with E-state index in [1.54, 1.807) is 19.4 Å². The van der Waals surface area contributed by atoms with Crippen molar-refractivity contribution in [3.05, 3.63) is 21.8 Å². The summed E-state index contributed by atoms with van der Waals surface area (Å²) in [6.45, 7) is 1.75. The molecule has 19 heavy (non-hydrogen) atoms. The van der Waals surface area contributed by atoms with Gasteiger partial charge in [0.05, 0.1) is 16.1 Å². The maximum Gasteiger partial charge on any atom is 0.143 e. The molecule has 1 heterocycles. The lowest BCUT2D eigenvalue weighted by Crippen LogP contribution is -2.32. The molecule has 0 saturated carbocycles. The van der Waals surface area contributed by atoms with E-state index in [4.69, 9.17) is 27.3 Å². The zero-order chi connectivity index (χ0) is 14.3. The van der Waals surface area contributed by atoms with Crippen LogP contribution in [0, 0.1) is 0 Å². The summed E-state index contributed by atoms with van der Waals surface area (Å²) in [6.07, 6.45) is 2.00. The van der Waals surface area contributed by atoms with Gasteiger partial charge in [-0.3, -0.25) is 0 Å². The van der Waals surface area contributed by atoms with Gasteiger partial charge in [-0.15, -0.1) is 0 Å². The van der Waals surface area contributed by atoms with Crippen molar-refractivity contribution < 1.29 is 9.94 Å². The van der Waals surface area contributed by atoms with Crippen LogP contribution in [0.15, 0.2) is 21.9 Å². The number of nitrogens with two attached hydrogens (primary N) is 1. The summed E-state index contributed by atoms with van der Waals surface area (Å²) >= 11 is 9.29. The Morgan fingerprint density at radius 3 is 2.95 bits per heavy atom. The number of ether oxygens (including phenoxy) is 1. The molecule has 0 fully saturated rings. The van der Waals surface area contributed by atoms with E-state index in [1.807, 2.05) is 4.90 Å². The second kappa shape index (κ2) is 8.19. The molecule has 3 N–H and O–H groups in total. The molecular formula is C11H16BrClN4O2. The molecule has 6 nitrogen and oxygen atoms in total. The summed E-state index contributed by atoms with van der Waals surface area (Å²) in [7, 11) is 1.63. The normalized spacial score (nSPS) is 11.6. The fraction of sp³-hybridized carbons (Fsp3) is 0.455. The summed E-state index contributed by atoms with van der Waals surface area (Å²) in [6, 6.07) is 1.77.